The summed E-state index contributed by atoms with van der Waals surface area (Å²) in [5.41, 5.74) is -0.101. The Balaban J connectivity index is 2.67. The van der Waals surface area contributed by atoms with Crippen molar-refractivity contribution in [1.82, 2.24) is 4.57 Å². The molecule has 0 radical (unpaired) electrons. The minimum Gasteiger partial charge on any atom is -0.312 e. The molecule has 0 unspecified atom stereocenters. The Kier molecular flexibility index (Phi) is 2.14. The third-order valence-corrected chi connectivity index (χ3v) is 2.80. The lowest BCUT2D eigenvalue weighted by Crippen LogP contribution is -2.19. The summed E-state index contributed by atoms with van der Waals surface area (Å²) in [4.78, 5) is 11.6. The van der Waals surface area contributed by atoms with Crippen LogP contribution in [0.1, 0.15) is 0 Å². The summed E-state index contributed by atoms with van der Waals surface area (Å²) in [6, 6.07) is 3.62. The number of nitrogens with zero attached hydrogens (tertiary/aromatic N) is 1. The van der Waals surface area contributed by atoms with E-state index in [1.165, 1.54) is 15.9 Å². The van der Waals surface area contributed by atoms with Crippen LogP contribution in [0.2, 0.25) is 0 Å². The Hall–Kier alpha value is -1.16. The van der Waals surface area contributed by atoms with Crippen LogP contribution in [0.5, 0.6) is 0 Å². The van der Waals surface area contributed by atoms with Gasteiger partial charge in [-0.25, -0.2) is 4.39 Å². The van der Waals surface area contributed by atoms with Gasteiger partial charge in [-0.05, 0) is 17.5 Å². The third kappa shape index (κ3) is 1.37. The zero-order valence-corrected chi connectivity index (χ0v) is 7.68. The second kappa shape index (κ2) is 3.30. The summed E-state index contributed by atoms with van der Waals surface area (Å²) >= 11 is 1.52. The second-order valence-electron chi connectivity index (χ2n) is 2.70. The van der Waals surface area contributed by atoms with Gasteiger partial charge >= 0.3 is 0 Å². The highest BCUT2D eigenvalue weighted by Crippen LogP contribution is 2.15. The Labute approximate surface area is 78.2 Å². The first kappa shape index (κ1) is 8.44. The van der Waals surface area contributed by atoms with Crippen molar-refractivity contribution in [2.45, 2.75) is 6.54 Å². The minimum absolute atomic E-state index is 0.101. The first-order valence-corrected chi connectivity index (χ1v) is 4.83. The van der Waals surface area contributed by atoms with E-state index in [0.29, 0.717) is 5.39 Å². The predicted octanol–water partition coefficient (Wildman–Crippen LogP) is 2.03. The first-order valence-electron chi connectivity index (χ1n) is 3.95. The predicted molar refractivity (Wildman–Crippen MR) is 52.1 cm³/mol. The molecule has 4 heteroatoms. The van der Waals surface area contributed by atoms with Gasteiger partial charge < -0.3 is 4.57 Å². The maximum atomic E-state index is 12.0. The van der Waals surface area contributed by atoms with Crippen LogP contribution < -0.4 is 5.56 Å². The smallest absolute Gasteiger partial charge is 0.259 e. The van der Waals surface area contributed by atoms with Crippen LogP contribution in [-0.4, -0.2) is 11.2 Å². The van der Waals surface area contributed by atoms with E-state index in [2.05, 4.69) is 0 Å². The molecule has 2 aromatic rings. The van der Waals surface area contributed by atoms with Gasteiger partial charge in [-0.2, -0.15) is 0 Å². The van der Waals surface area contributed by atoms with Crippen molar-refractivity contribution in [2.75, 3.05) is 6.67 Å². The lowest BCUT2D eigenvalue weighted by molar-refractivity contribution is 0.441. The van der Waals surface area contributed by atoms with E-state index < -0.39 is 6.67 Å². The van der Waals surface area contributed by atoms with E-state index in [4.69, 9.17) is 0 Å². The Bertz CT molecular complexity index is 474. The fourth-order valence-corrected chi connectivity index (χ4v) is 2.05. The highest BCUT2D eigenvalue weighted by Gasteiger charge is 2.02. The largest absolute Gasteiger partial charge is 0.312 e. The maximum absolute atomic E-state index is 12.0. The fraction of sp³-hybridized carbons (Fsp3) is 0.222. The summed E-state index contributed by atoms with van der Waals surface area (Å²) in [5.74, 6) is 0. The van der Waals surface area contributed by atoms with E-state index >= 15 is 0 Å². The molecule has 0 fully saturated rings. The van der Waals surface area contributed by atoms with Crippen LogP contribution in [-0.2, 0) is 6.54 Å². The zero-order chi connectivity index (χ0) is 9.26. The summed E-state index contributed by atoms with van der Waals surface area (Å²) < 4.78 is 14.4. The van der Waals surface area contributed by atoms with Crippen molar-refractivity contribution in [3.05, 3.63) is 34.1 Å². The molecule has 0 N–H and O–H groups in total. The molecule has 0 bridgehead atoms. The molecule has 68 valence electrons. The average molecular weight is 197 g/mol. The van der Waals surface area contributed by atoms with E-state index in [1.54, 1.807) is 12.3 Å². The maximum Gasteiger partial charge on any atom is 0.259 e. The molecule has 0 aliphatic carbocycles. The van der Waals surface area contributed by atoms with Crippen LogP contribution in [0.15, 0.2) is 28.5 Å². The molecule has 2 nitrogen and oxygen atoms in total. The standard InChI is InChI=1S/C9H8FNOS/c10-3-5-11-4-1-8-7(9(11)12)2-6-13-8/h1-2,4,6H,3,5H2. The average Bonchev–Trinajstić information content (AvgIpc) is 2.58. The number of fused-ring (bicyclic) bond motifs is 1. The lowest BCUT2D eigenvalue weighted by Gasteiger charge is -2.00. The quantitative estimate of drug-likeness (QED) is 0.722. The van der Waals surface area contributed by atoms with Crippen LogP contribution in [0.25, 0.3) is 10.1 Å². The van der Waals surface area contributed by atoms with Crippen LogP contribution >= 0.6 is 11.3 Å². The fourth-order valence-electron chi connectivity index (χ4n) is 1.27. The molecule has 0 amide bonds. The van der Waals surface area contributed by atoms with Crippen molar-refractivity contribution in [3.63, 3.8) is 0 Å². The van der Waals surface area contributed by atoms with Gasteiger partial charge in [-0.1, -0.05) is 0 Å². The van der Waals surface area contributed by atoms with Crippen molar-refractivity contribution < 1.29 is 4.39 Å². The van der Waals surface area contributed by atoms with Crippen molar-refractivity contribution in [2.24, 2.45) is 0 Å². The minimum atomic E-state index is -0.504. The molecule has 0 aromatic carbocycles. The molecule has 0 aliphatic rings. The monoisotopic (exact) mass is 197 g/mol. The summed E-state index contributed by atoms with van der Waals surface area (Å²) in [6.07, 6.45) is 1.64. The molecular weight excluding hydrogens is 189 g/mol. The van der Waals surface area contributed by atoms with Crippen LogP contribution in [0.4, 0.5) is 4.39 Å². The van der Waals surface area contributed by atoms with Crippen molar-refractivity contribution >= 4 is 21.4 Å². The number of pyridine rings is 1. The second-order valence-corrected chi connectivity index (χ2v) is 3.65. The topological polar surface area (TPSA) is 22.0 Å². The molecule has 0 spiro atoms. The number of hydrogen-bond donors (Lipinski definition) is 0. The molecule has 0 saturated heterocycles. The third-order valence-electron chi connectivity index (χ3n) is 1.92. The SMILES string of the molecule is O=c1c2ccsc2ccn1CCF. The number of thiophene rings is 1. The van der Waals surface area contributed by atoms with Gasteiger partial charge in [-0.3, -0.25) is 4.79 Å². The number of aromatic nitrogens is 1. The van der Waals surface area contributed by atoms with Gasteiger partial charge in [-0.15, -0.1) is 11.3 Å². The van der Waals surface area contributed by atoms with Gasteiger partial charge in [0.15, 0.2) is 0 Å². The van der Waals surface area contributed by atoms with Gasteiger partial charge in [0, 0.05) is 10.9 Å². The summed E-state index contributed by atoms with van der Waals surface area (Å²) in [7, 11) is 0. The number of halogens is 1. The van der Waals surface area contributed by atoms with Gasteiger partial charge in [0.05, 0.1) is 11.9 Å². The summed E-state index contributed by atoms with van der Waals surface area (Å²) in [5, 5.41) is 2.55. The van der Waals surface area contributed by atoms with E-state index in [0.717, 1.165) is 4.70 Å². The molecule has 0 aliphatic heterocycles. The zero-order valence-electron chi connectivity index (χ0n) is 6.87. The number of rotatable bonds is 2. The molecule has 0 atom stereocenters. The molecule has 2 aromatic heterocycles. The van der Waals surface area contributed by atoms with Crippen LogP contribution in [0.3, 0.4) is 0 Å². The van der Waals surface area contributed by atoms with Gasteiger partial charge in [0.25, 0.3) is 5.56 Å². The van der Waals surface area contributed by atoms with Crippen molar-refractivity contribution in [3.8, 4) is 0 Å². The molecule has 13 heavy (non-hydrogen) atoms. The highest BCUT2D eigenvalue weighted by molar-refractivity contribution is 7.17. The van der Waals surface area contributed by atoms with E-state index in [1.807, 2.05) is 11.4 Å². The molecule has 2 rings (SSSR count). The van der Waals surface area contributed by atoms with E-state index in [-0.39, 0.29) is 12.1 Å². The molecular formula is C9H8FNOS. The Morgan fingerprint density at radius 3 is 3.08 bits per heavy atom. The van der Waals surface area contributed by atoms with Crippen molar-refractivity contribution in [1.29, 1.82) is 0 Å². The molecule has 2 heterocycles. The highest BCUT2D eigenvalue weighted by atomic mass is 32.1. The van der Waals surface area contributed by atoms with Gasteiger partial charge in [0.2, 0.25) is 0 Å². The van der Waals surface area contributed by atoms with Crippen LogP contribution in [0, 0.1) is 0 Å². The number of hydrogen-bond acceptors (Lipinski definition) is 2. The summed E-state index contributed by atoms with van der Waals surface area (Å²) in [6.45, 7) is -0.361. The van der Waals surface area contributed by atoms with Gasteiger partial charge in [0.1, 0.15) is 6.67 Å². The molecule has 0 saturated carbocycles. The first-order chi connectivity index (χ1) is 6.33. The number of aryl methyl sites for hydroxylation is 1. The lowest BCUT2D eigenvalue weighted by atomic mass is 10.3. The van der Waals surface area contributed by atoms with E-state index in [9.17, 15) is 9.18 Å². The Morgan fingerprint density at radius 1 is 1.46 bits per heavy atom. The Morgan fingerprint density at radius 2 is 2.31 bits per heavy atom. The number of alkyl halides is 1. The normalized spacial score (nSPS) is 10.8.